The lowest BCUT2D eigenvalue weighted by Crippen LogP contribution is -2.49. The predicted molar refractivity (Wildman–Crippen MR) is 101 cm³/mol. The van der Waals surface area contributed by atoms with Crippen LogP contribution in [0.15, 0.2) is 54.6 Å². The number of para-hydroxylation sites is 1. The van der Waals surface area contributed by atoms with Gasteiger partial charge in [-0.15, -0.1) is 0 Å². The Bertz CT molecular complexity index is 680. The van der Waals surface area contributed by atoms with Gasteiger partial charge in [-0.1, -0.05) is 18.2 Å². The fourth-order valence-electron chi connectivity index (χ4n) is 3.05. The number of anilines is 2. The molecule has 1 saturated heterocycles. The van der Waals surface area contributed by atoms with Crippen LogP contribution < -0.4 is 14.5 Å². The van der Waals surface area contributed by atoms with Crippen molar-refractivity contribution in [2.75, 3.05) is 56.7 Å². The molecule has 0 aliphatic carbocycles. The van der Waals surface area contributed by atoms with E-state index in [1.807, 2.05) is 49.5 Å². The van der Waals surface area contributed by atoms with Gasteiger partial charge in [0, 0.05) is 44.6 Å². The number of hydrogen-bond acceptors (Lipinski definition) is 4. The Balaban J connectivity index is 1.51. The van der Waals surface area contributed by atoms with Crippen LogP contribution in [-0.4, -0.2) is 57.7 Å². The monoisotopic (exact) mass is 339 g/mol. The van der Waals surface area contributed by atoms with E-state index in [9.17, 15) is 4.79 Å². The van der Waals surface area contributed by atoms with Crippen molar-refractivity contribution in [2.24, 2.45) is 0 Å². The van der Waals surface area contributed by atoms with E-state index in [1.165, 1.54) is 5.69 Å². The molecule has 1 heterocycles. The van der Waals surface area contributed by atoms with Crippen LogP contribution in [0, 0.1) is 0 Å². The average Bonchev–Trinajstić information content (AvgIpc) is 2.68. The second-order valence-electron chi connectivity index (χ2n) is 6.25. The molecule has 2 aromatic carbocycles. The first-order chi connectivity index (χ1) is 12.2. The number of hydrogen-bond donors (Lipinski definition) is 0. The molecule has 1 aliphatic rings. The van der Waals surface area contributed by atoms with Gasteiger partial charge in [0.05, 0.1) is 13.7 Å². The summed E-state index contributed by atoms with van der Waals surface area (Å²) in [4.78, 5) is 18.8. The van der Waals surface area contributed by atoms with Gasteiger partial charge in [-0.25, -0.2) is 0 Å². The van der Waals surface area contributed by atoms with Gasteiger partial charge in [0.1, 0.15) is 5.75 Å². The number of methoxy groups -OCH3 is 1. The SMILES string of the molecule is COc1ccc(N2CCN(CC(=O)N(C)c3ccccc3)CC2)cc1. The molecule has 132 valence electrons. The highest BCUT2D eigenvalue weighted by atomic mass is 16.5. The van der Waals surface area contributed by atoms with Crippen LogP contribution in [0.3, 0.4) is 0 Å². The lowest BCUT2D eigenvalue weighted by Gasteiger charge is -2.36. The summed E-state index contributed by atoms with van der Waals surface area (Å²) in [6.45, 7) is 4.09. The van der Waals surface area contributed by atoms with Crippen LogP contribution in [0.4, 0.5) is 11.4 Å². The molecule has 0 saturated carbocycles. The van der Waals surface area contributed by atoms with Crippen molar-refractivity contribution in [3.05, 3.63) is 54.6 Å². The van der Waals surface area contributed by atoms with Crippen molar-refractivity contribution in [1.29, 1.82) is 0 Å². The number of carbonyl (C=O) groups excluding carboxylic acids is 1. The molecule has 1 fully saturated rings. The third-order valence-electron chi connectivity index (χ3n) is 4.69. The van der Waals surface area contributed by atoms with Crippen LogP contribution in [0.1, 0.15) is 0 Å². The van der Waals surface area contributed by atoms with E-state index < -0.39 is 0 Å². The Hall–Kier alpha value is -2.53. The largest absolute Gasteiger partial charge is 0.497 e. The second kappa shape index (κ2) is 8.03. The number of carbonyl (C=O) groups is 1. The minimum Gasteiger partial charge on any atom is -0.497 e. The lowest BCUT2D eigenvalue weighted by molar-refractivity contribution is -0.119. The topological polar surface area (TPSA) is 36.0 Å². The van der Waals surface area contributed by atoms with E-state index in [1.54, 1.807) is 12.0 Å². The van der Waals surface area contributed by atoms with Gasteiger partial charge in [-0.3, -0.25) is 9.69 Å². The lowest BCUT2D eigenvalue weighted by atomic mass is 10.2. The Kier molecular flexibility index (Phi) is 5.56. The first-order valence-electron chi connectivity index (χ1n) is 8.60. The number of rotatable bonds is 5. The van der Waals surface area contributed by atoms with Crippen molar-refractivity contribution < 1.29 is 9.53 Å². The Morgan fingerprint density at radius 3 is 2.24 bits per heavy atom. The summed E-state index contributed by atoms with van der Waals surface area (Å²) in [5.41, 5.74) is 2.14. The molecule has 2 aromatic rings. The summed E-state index contributed by atoms with van der Waals surface area (Å²) in [6, 6.07) is 17.9. The van der Waals surface area contributed by atoms with Crippen molar-refractivity contribution in [1.82, 2.24) is 4.90 Å². The van der Waals surface area contributed by atoms with E-state index >= 15 is 0 Å². The minimum atomic E-state index is 0.129. The fourth-order valence-corrected chi connectivity index (χ4v) is 3.05. The summed E-state index contributed by atoms with van der Waals surface area (Å²) in [5, 5.41) is 0. The number of likely N-dealkylation sites (N-methyl/N-ethyl adjacent to an activating group) is 1. The van der Waals surface area contributed by atoms with E-state index in [0.29, 0.717) is 6.54 Å². The molecular weight excluding hydrogens is 314 g/mol. The Morgan fingerprint density at radius 1 is 1.00 bits per heavy atom. The molecule has 0 aromatic heterocycles. The normalized spacial score (nSPS) is 15.0. The highest BCUT2D eigenvalue weighted by molar-refractivity contribution is 5.94. The zero-order valence-corrected chi connectivity index (χ0v) is 14.9. The smallest absolute Gasteiger partial charge is 0.240 e. The van der Waals surface area contributed by atoms with Gasteiger partial charge in [0.2, 0.25) is 5.91 Å². The van der Waals surface area contributed by atoms with E-state index in [-0.39, 0.29) is 5.91 Å². The van der Waals surface area contributed by atoms with Crippen LogP contribution in [0.25, 0.3) is 0 Å². The predicted octanol–water partition coefficient (Wildman–Crippen LogP) is 2.48. The Morgan fingerprint density at radius 2 is 1.64 bits per heavy atom. The molecule has 3 rings (SSSR count). The maximum Gasteiger partial charge on any atom is 0.240 e. The molecule has 0 radical (unpaired) electrons. The van der Waals surface area contributed by atoms with Crippen LogP contribution in [0.2, 0.25) is 0 Å². The maximum absolute atomic E-state index is 12.5. The highest BCUT2D eigenvalue weighted by Gasteiger charge is 2.21. The van der Waals surface area contributed by atoms with Crippen molar-refractivity contribution in [2.45, 2.75) is 0 Å². The summed E-state index contributed by atoms with van der Waals surface area (Å²) < 4.78 is 5.21. The molecule has 0 spiro atoms. The minimum absolute atomic E-state index is 0.129. The molecule has 1 amide bonds. The average molecular weight is 339 g/mol. The zero-order chi connectivity index (χ0) is 17.6. The molecular formula is C20H25N3O2. The summed E-state index contributed by atoms with van der Waals surface area (Å²) in [5.74, 6) is 1.00. The molecule has 0 atom stereocenters. The second-order valence-corrected chi connectivity index (χ2v) is 6.25. The first-order valence-corrected chi connectivity index (χ1v) is 8.60. The van der Waals surface area contributed by atoms with E-state index in [4.69, 9.17) is 4.74 Å². The summed E-state index contributed by atoms with van der Waals surface area (Å²) in [7, 11) is 3.52. The third-order valence-corrected chi connectivity index (χ3v) is 4.69. The van der Waals surface area contributed by atoms with Crippen molar-refractivity contribution in [3.63, 3.8) is 0 Å². The molecule has 0 unspecified atom stereocenters. The van der Waals surface area contributed by atoms with E-state index in [2.05, 4.69) is 21.9 Å². The number of ether oxygens (including phenoxy) is 1. The molecule has 5 nitrogen and oxygen atoms in total. The highest BCUT2D eigenvalue weighted by Crippen LogP contribution is 2.20. The fraction of sp³-hybridized carbons (Fsp3) is 0.350. The Labute approximate surface area is 149 Å². The number of piperazine rings is 1. The molecule has 5 heteroatoms. The number of amides is 1. The van der Waals surface area contributed by atoms with Crippen LogP contribution >= 0.6 is 0 Å². The van der Waals surface area contributed by atoms with Crippen molar-refractivity contribution in [3.8, 4) is 5.75 Å². The van der Waals surface area contributed by atoms with Gasteiger partial charge in [-0.2, -0.15) is 0 Å². The molecule has 0 bridgehead atoms. The summed E-state index contributed by atoms with van der Waals surface area (Å²) >= 11 is 0. The standard InChI is InChI=1S/C20H25N3O2/c1-21(17-6-4-3-5-7-17)20(24)16-22-12-14-23(15-13-22)18-8-10-19(25-2)11-9-18/h3-11H,12-16H2,1-2H3. The third kappa shape index (κ3) is 4.31. The van der Waals surface area contributed by atoms with Crippen LogP contribution in [0.5, 0.6) is 5.75 Å². The van der Waals surface area contributed by atoms with Crippen molar-refractivity contribution >= 4 is 17.3 Å². The van der Waals surface area contributed by atoms with Crippen LogP contribution in [-0.2, 0) is 4.79 Å². The summed E-state index contributed by atoms with van der Waals surface area (Å²) in [6.07, 6.45) is 0. The molecule has 0 N–H and O–H groups in total. The van der Waals surface area contributed by atoms with Gasteiger partial charge in [0.15, 0.2) is 0 Å². The quantitative estimate of drug-likeness (QED) is 0.838. The van der Waals surface area contributed by atoms with Gasteiger partial charge < -0.3 is 14.5 Å². The van der Waals surface area contributed by atoms with E-state index in [0.717, 1.165) is 37.6 Å². The first kappa shape index (κ1) is 17.3. The maximum atomic E-state index is 12.5. The zero-order valence-electron chi connectivity index (χ0n) is 14.9. The number of nitrogens with zero attached hydrogens (tertiary/aromatic N) is 3. The van der Waals surface area contributed by atoms with Gasteiger partial charge in [0.25, 0.3) is 0 Å². The molecule has 1 aliphatic heterocycles. The number of benzene rings is 2. The molecule has 25 heavy (non-hydrogen) atoms. The van der Waals surface area contributed by atoms with Gasteiger partial charge in [-0.05, 0) is 36.4 Å². The van der Waals surface area contributed by atoms with Gasteiger partial charge >= 0.3 is 0 Å².